The first-order valence-corrected chi connectivity index (χ1v) is 7.24. The average molecular weight is 340 g/mol. The quantitative estimate of drug-likeness (QED) is 0.648. The van der Waals surface area contributed by atoms with E-state index >= 15 is 0 Å². The van der Waals surface area contributed by atoms with Crippen molar-refractivity contribution in [1.29, 1.82) is 0 Å². The molecule has 4 heteroatoms. The first-order valence-electron chi connectivity index (χ1n) is 6.07. The number of nitrogens with one attached hydrogen (secondary N) is 1. The summed E-state index contributed by atoms with van der Waals surface area (Å²) < 4.78 is 1.06. The fourth-order valence-electron chi connectivity index (χ4n) is 2.12. The summed E-state index contributed by atoms with van der Waals surface area (Å²) in [6.07, 6.45) is 0.756. The smallest absolute Gasteiger partial charge is 0.0501 e. The van der Waals surface area contributed by atoms with Crippen LogP contribution in [0.5, 0.6) is 0 Å². The van der Waals surface area contributed by atoms with Gasteiger partial charge in [0.05, 0.1) is 6.04 Å². The summed E-state index contributed by atoms with van der Waals surface area (Å²) in [5.41, 5.74) is 6.30. The Labute approximate surface area is 127 Å². The molecule has 2 aromatic rings. The third kappa shape index (κ3) is 3.80. The minimum atomic E-state index is 0.0381. The highest BCUT2D eigenvalue weighted by Crippen LogP contribution is 2.25. The van der Waals surface area contributed by atoms with E-state index in [1.165, 1.54) is 5.56 Å². The van der Waals surface area contributed by atoms with Gasteiger partial charge in [0, 0.05) is 9.50 Å². The molecule has 0 spiro atoms. The number of benzene rings is 2. The highest BCUT2D eigenvalue weighted by molar-refractivity contribution is 9.10. The molecule has 0 saturated carbocycles. The third-order valence-corrected chi connectivity index (χ3v) is 3.88. The minimum absolute atomic E-state index is 0.0381. The molecule has 0 aliphatic rings. The lowest BCUT2D eigenvalue weighted by Crippen LogP contribution is -2.29. The molecular weight excluding hydrogens is 324 g/mol. The van der Waals surface area contributed by atoms with Crippen LogP contribution in [0, 0.1) is 6.92 Å². The SMILES string of the molecule is Cc1cc(Br)cc(C(Cc2ccccc2Cl)NN)c1. The molecule has 0 radical (unpaired) electrons. The predicted octanol–water partition coefficient (Wildman–Crippen LogP) is 4.16. The van der Waals surface area contributed by atoms with Crippen molar-refractivity contribution in [3.63, 3.8) is 0 Å². The van der Waals surface area contributed by atoms with E-state index in [0.717, 1.165) is 27.0 Å². The van der Waals surface area contributed by atoms with Gasteiger partial charge >= 0.3 is 0 Å². The Hall–Kier alpha value is -0.870. The van der Waals surface area contributed by atoms with Gasteiger partial charge in [0.15, 0.2) is 0 Å². The molecule has 2 nitrogen and oxygen atoms in total. The highest BCUT2D eigenvalue weighted by Gasteiger charge is 2.13. The van der Waals surface area contributed by atoms with Crippen molar-refractivity contribution in [1.82, 2.24) is 5.43 Å². The lowest BCUT2D eigenvalue weighted by atomic mass is 9.98. The first-order chi connectivity index (χ1) is 9.10. The zero-order valence-electron chi connectivity index (χ0n) is 10.7. The molecule has 3 N–H and O–H groups in total. The summed E-state index contributed by atoms with van der Waals surface area (Å²) in [5, 5.41) is 0.773. The molecule has 0 bridgehead atoms. The number of rotatable bonds is 4. The van der Waals surface area contributed by atoms with Crippen LogP contribution in [-0.4, -0.2) is 0 Å². The van der Waals surface area contributed by atoms with Crippen molar-refractivity contribution in [2.75, 3.05) is 0 Å². The Bertz CT molecular complexity index is 552. The van der Waals surface area contributed by atoms with Gasteiger partial charge in [-0.3, -0.25) is 11.3 Å². The molecule has 0 fully saturated rings. The van der Waals surface area contributed by atoms with Crippen molar-refractivity contribution in [2.45, 2.75) is 19.4 Å². The monoisotopic (exact) mass is 338 g/mol. The van der Waals surface area contributed by atoms with Crippen LogP contribution in [0.1, 0.15) is 22.7 Å². The first kappa shape index (κ1) is 14.5. The van der Waals surface area contributed by atoms with Crippen LogP contribution in [0.2, 0.25) is 5.02 Å². The Morgan fingerprint density at radius 2 is 2.00 bits per heavy atom. The molecule has 0 heterocycles. The van der Waals surface area contributed by atoms with E-state index in [4.69, 9.17) is 17.4 Å². The van der Waals surface area contributed by atoms with Crippen molar-refractivity contribution in [2.24, 2.45) is 5.84 Å². The third-order valence-electron chi connectivity index (χ3n) is 3.05. The normalized spacial score (nSPS) is 12.4. The van der Waals surface area contributed by atoms with E-state index in [1.807, 2.05) is 24.3 Å². The van der Waals surface area contributed by atoms with Gasteiger partial charge in [0.1, 0.15) is 0 Å². The van der Waals surface area contributed by atoms with Crippen LogP contribution in [0.3, 0.4) is 0 Å². The molecular formula is C15H16BrClN2. The summed E-state index contributed by atoms with van der Waals surface area (Å²) in [6.45, 7) is 2.07. The lowest BCUT2D eigenvalue weighted by Gasteiger charge is -2.18. The van der Waals surface area contributed by atoms with Gasteiger partial charge in [-0.2, -0.15) is 0 Å². The van der Waals surface area contributed by atoms with E-state index in [-0.39, 0.29) is 6.04 Å². The number of hydrazine groups is 1. The van der Waals surface area contributed by atoms with Crippen molar-refractivity contribution < 1.29 is 0 Å². The van der Waals surface area contributed by atoms with E-state index in [2.05, 4.69) is 46.5 Å². The van der Waals surface area contributed by atoms with Gasteiger partial charge < -0.3 is 0 Å². The van der Waals surface area contributed by atoms with Crippen molar-refractivity contribution >= 4 is 27.5 Å². The Morgan fingerprint density at radius 1 is 1.26 bits per heavy atom. The van der Waals surface area contributed by atoms with Gasteiger partial charge in [-0.25, -0.2) is 0 Å². The predicted molar refractivity (Wildman–Crippen MR) is 84.1 cm³/mol. The van der Waals surface area contributed by atoms with Crippen molar-refractivity contribution in [3.8, 4) is 0 Å². The molecule has 19 heavy (non-hydrogen) atoms. The van der Waals surface area contributed by atoms with E-state index in [1.54, 1.807) is 0 Å². The molecule has 0 aliphatic heterocycles. The molecule has 0 aromatic heterocycles. The second-order valence-corrected chi connectivity index (χ2v) is 5.90. The standard InChI is InChI=1S/C15H16BrClN2/c1-10-6-12(8-13(16)7-10)15(19-18)9-11-4-2-3-5-14(11)17/h2-8,15,19H,9,18H2,1H3. The maximum atomic E-state index is 6.20. The molecule has 0 saturated heterocycles. The molecule has 0 amide bonds. The lowest BCUT2D eigenvalue weighted by molar-refractivity contribution is 0.551. The van der Waals surface area contributed by atoms with Gasteiger partial charge in [0.2, 0.25) is 0 Å². The molecule has 0 aliphatic carbocycles. The highest BCUT2D eigenvalue weighted by atomic mass is 79.9. The minimum Gasteiger partial charge on any atom is -0.271 e. The Balaban J connectivity index is 2.28. The molecule has 1 atom stereocenters. The molecule has 2 rings (SSSR count). The molecule has 1 unspecified atom stereocenters. The van der Waals surface area contributed by atoms with Crippen LogP contribution in [-0.2, 0) is 6.42 Å². The Morgan fingerprint density at radius 3 is 2.63 bits per heavy atom. The topological polar surface area (TPSA) is 38.0 Å². The van der Waals surface area contributed by atoms with E-state index in [9.17, 15) is 0 Å². The van der Waals surface area contributed by atoms with Gasteiger partial charge in [-0.1, -0.05) is 51.8 Å². The van der Waals surface area contributed by atoms with Crippen molar-refractivity contribution in [3.05, 3.63) is 68.7 Å². The summed E-state index contributed by atoms with van der Waals surface area (Å²) >= 11 is 9.71. The number of hydrogen-bond donors (Lipinski definition) is 2. The largest absolute Gasteiger partial charge is 0.271 e. The molecule has 2 aromatic carbocycles. The summed E-state index contributed by atoms with van der Waals surface area (Å²) in [7, 11) is 0. The summed E-state index contributed by atoms with van der Waals surface area (Å²) in [4.78, 5) is 0. The number of hydrogen-bond acceptors (Lipinski definition) is 2. The summed E-state index contributed by atoms with van der Waals surface area (Å²) in [5.74, 6) is 5.69. The van der Waals surface area contributed by atoms with Gasteiger partial charge in [-0.15, -0.1) is 0 Å². The zero-order chi connectivity index (χ0) is 13.8. The average Bonchev–Trinajstić information content (AvgIpc) is 2.36. The van der Waals surface area contributed by atoms with Crippen LogP contribution >= 0.6 is 27.5 Å². The number of aryl methyl sites for hydroxylation is 1. The zero-order valence-corrected chi connectivity index (χ0v) is 13.0. The Kier molecular flexibility index (Phi) is 4.99. The van der Waals surface area contributed by atoms with Crippen LogP contribution in [0.15, 0.2) is 46.9 Å². The fourth-order valence-corrected chi connectivity index (χ4v) is 2.96. The summed E-state index contributed by atoms with van der Waals surface area (Å²) in [6, 6.07) is 14.2. The second kappa shape index (κ2) is 6.53. The second-order valence-electron chi connectivity index (χ2n) is 4.58. The fraction of sp³-hybridized carbons (Fsp3) is 0.200. The van der Waals surface area contributed by atoms with E-state index in [0.29, 0.717) is 0 Å². The van der Waals surface area contributed by atoms with Crippen LogP contribution in [0.4, 0.5) is 0 Å². The number of halogens is 2. The van der Waals surface area contributed by atoms with Gasteiger partial charge in [-0.05, 0) is 48.2 Å². The van der Waals surface area contributed by atoms with Crippen LogP contribution < -0.4 is 11.3 Å². The van der Waals surface area contributed by atoms with Crippen LogP contribution in [0.25, 0.3) is 0 Å². The maximum absolute atomic E-state index is 6.20. The number of nitrogens with two attached hydrogens (primary N) is 1. The maximum Gasteiger partial charge on any atom is 0.0501 e. The van der Waals surface area contributed by atoms with E-state index < -0.39 is 0 Å². The molecule has 100 valence electrons. The van der Waals surface area contributed by atoms with Gasteiger partial charge in [0.25, 0.3) is 0 Å².